The van der Waals surface area contributed by atoms with E-state index in [1.165, 1.54) is 23.9 Å². The number of aromatic nitrogens is 3. The first-order valence-corrected chi connectivity index (χ1v) is 7.97. The lowest BCUT2D eigenvalue weighted by atomic mass is 10.2. The van der Waals surface area contributed by atoms with Gasteiger partial charge in [0.2, 0.25) is 5.95 Å². The molecule has 0 atom stereocenters. The van der Waals surface area contributed by atoms with Crippen LogP contribution in [0.2, 0.25) is 0 Å². The molecule has 0 saturated carbocycles. The summed E-state index contributed by atoms with van der Waals surface area (Å²) in [5.41, 5.74) is 4.58. The summed E-state index contributed by atoms with van der Waals surface area (Å²) in [7, 11) is 0. The summed E-state index contributed by atoms with van der Waals surface area (Å²) in [5, 5.41) is 3.42. The van der Waals surface area contributed by atoms with Gasteiger partial charge in [0.1, 0.15) is 16.5 Å². The van der Waals surface area contributed by atoms with E-state index >= 15 is 0 Å². The number of Topliss-reactive ketones (excluding diaryl/α,β-unsaturated/α-hetero) is 1. The van der Waals surface area contributed by atoms with Gasteiger partial charge in [-0.25, -0.2) is 9.97 Å². The molecule has 0 aliphatic carbocycles. The van der Waals surface area contributed by atoms with E-state index in [-0.39, 0.29) is 30.4 Å². The van der Waals surface area contributed by atoms with Crippen LogP contribution < -0.4 is 11.1 Å². The Morgan fingerprint density at radius 3 is 2.71 bits per heavy atom. The van der Waals surface area contributed by atoms with Crippen LogP contribution in [0.15, 0.2) is 29.3 Å². The van der Waals surface area contributed by atoms with E-state index in [1.807, 2.05) is 6.26 Å². The summed E-state index contributed by atoms with van der Waals surface area (Å²) in [4.78, 5) is 23.3. The maximum Gasteiger partial charge on any atom is 0.433 e. The predicted molar refractivity (Wildman–Crippen MR) is 84.7 cm³/mol. The molecule has 24 heavy (non-hydrogen) atoms. The molecule has 2 aromatic heterocycles. The van der Waals surface area contributed by atoms with Crippen molar-refractivity contribution in [3.8, 4) is 0 Å². The largest absolute Gasteiger partial charge is 0.433 e. The Hall–Kier alpha value is -2.36. The number of hydrogen-bond donors (Lipinski definition) is 2. The smallest absolute Gasteiger partial charge is 0.368 e. The van der Waals surface area contributed by atoms with Crippen molar-refractivity contribution in [1.82, 2.24) is 15.0 Å². The number of nitrogens with one attached hydrogen (secondary N) is 1. The zero-order chi connectivity index (χ0) is 17.7. The van der Waals surface area contributed by atoms with Gasteiger partial charge < -0.3 is 11.1 Å². The van der Waals surface area contributed by atoms with Crippen LogP contribution in [0.25, 0.3) is 0 Å². The van der Waals surface area contributed by atoms with E-state index in [1.54, 1.807) is 6.07 Å². The fourth-order valence-electron chi connectivity index (χ4n) is 1.83. The Morgan fingerprint density at radius 2 is 2.04 bits per heavy atom. The Morgan fingerprint density at radius 1 is 1.29 bits per heavy atom. The molecule has 3 N–H and O–H groups in total. The number of halogens is 3. The highest BCUT2D eigenvalue weighted by molar-refractivity contribution is 7.98. The van der Waals surface area contributed by atoms with E-state index in [4.69, 9.17) is 5.73 Å². The standard InChI is InChI=1S/C14H14F3N5OS/c1-24-12-6-11(21-13(18)22-12)19-7-9(23)5-8-3-2-4-10(20-8)14(15,16)17/h2-4,6H,5,7H2,1H3,(H3,18,19,21,22). The second-order valence-electron chi connectivity index (χ2n) is 4.73. The number of carbonyl (C=O) groups is 1. The van der Waals surface area contributed by atoms with Crippen molar-refractivity contribution >= 4 is 29.3 Å². The van der Waals surface area contributed by atoms with Crippen LogP contribution in [-0.4, -0.2) is 33.5 Å². The molecule has 0 unspecified atom stereocenters. The molecular weight excluding hydrogens is 343 g/mol. The van der Waals surface area contributed by atoms with Crippen molar-refractivity contribution in [3.05, 3.63) is 35.7 Å². The van der Waals surface area contributed by atoms with Gasteiger partial charge in [-0.05, 0) is 18.4 Å². The summed E-state index contributed by atoms with van der Waals surface area (Å²) < 4.78 is 37.8. The molecule has 0 bridgehead atoms. The van der Waals surface area contributed by atoms with Crippen LogP contribution in [0.4, 0.5) is 24.9 Å². The van der Waals surface area contributed by atoms with Gasteiger partial charge in [-0.15, -0.1) is 11.8 Å². The van der Waals surface area contributed by atoms with Crippen molar-refractivity contribution in [2.24, 2.45) is 0 Å². The zero-order valence-electron chi connectivity index (χ0n) is 12.6. The lowest BCUT2D eigenvalue weighted by Gasteiger charge is -2.08. The lowest BCUT2D eigenvalue weighted by molar-refractivity contribution is -0.141. The quantitative estimate of drug-likeness (QED) is 0.606. The van der Waals surface area contributed by atoms with Gasteiger partial charge in [-0.1, -0.05) is 6.07 Å². The molecule has 10 heteroatoms. The molecule has 0 saturated heterocycles. The van der Waals surface area contributed by atoms with Crippen LogP contribution in [0.1, 0.15) is 11.4 Å². The van der Waals surface area contributed by atoms with Gasteiger partial charge in [0.15, 0.2) is 5.78 Å². The van der Waals surface area contributed by atoms with Gasteiger partial charge in [0.25, 0.3) is 0 Å². The number of hydrogen-bond acceptors (Lipinski definition) is 7. The first-order chi connectivity index (χ1) is 11.3. The monoisotopic (exact) mass is 357 g/mol. The Bertz CT molecular complexity index is 739. The van der Waals surface area contributed by atoms with Crippen LogP contribution in [0, 0.1) is 0 Å². The van der Waals surface area contributed by atoms with Crippen LogP contribution in [-0.2, 0) is 17.4 Å². The molecule has 6 nitrogen and oxygen atoms in total. The maximum absolute atomic E-state index is 12.6. The Kier molecular flexibility index (Phi) is 5.60. The molecule has 0 radical (unpaired) electrons. The maximum atomic E-state index is 12.6. The van der Waals surface area contributed by atoms with E-state index in [0.29, 0.717) is 10.8 Å². The fourth-order valence-corrected chi connectivity index (χ4v) is 2.24. The number of nitrogens with two attached hydrogens (primary N) is 1. The highest BCUT2D eigenvalue weighted by Gasteiger charge is 2.32. The Balaban J connectivity index is 1.98. The van der Waals surface area contributed by atoms with Gasteiger partial charge >= 0.3 is 6.18 Å². The van der Waals surface area contributed by atoms with E-state index in [0.717, 1.165) is 6.07 Å². The van der Waals surface area contributed by atoms with Crippen LogP contribution in [0.5, 0.6) is 0 Å². The van der Waals surface area contributed by atoms with Gasteiger partial charge in [-0.3, -0.25) is 4.79 Å². The van der Waals surface area contributed by atoms with E-state index < -0.39 is 11.9 Å². The van der Waals surface area contributed by atoms with Gasteiger partial charge in [-0.2, -0.15) is 18.2 Å². The lowest BCUT2D eigenvalue weighted by Crippen LogP contribution is -2.18. The van der Waals surface area contributed by atoms with Crippen molar-refractivity contribution in [2.75, 3.05) is 23.9 Å². The fraction of sp³-hybridized carbons (Fsp3) is 0.286. The van der Waals surface area contributed by atoms with Crippen molar-refractivity contribution in [2.45, 2.75) is 17.6 Å². The summed E-state index contributed by atoms with van der Waals surface area (Å²) >= 11 is 1.37. The third kappa shape index (κ3) is 5.08. The minimum absolute atomic E-state index is 0.0589. The van der Waals surface area contributed by atoms with E-state index in [9.17, 15) is 18.0 Å². The molecule has 128 valence electrons. The predicted octanol–water partition coefficient (Wildman–Crippen LogP) is 2.42. The highest BCUT2D eigenvalue weighted by atomic mass is 32.2. The van der Waals surface area contributed by atoms with E-state index in [2.05, 4.69) is 20.3 Å². The third-order valence-electron chi connectivity index (χ3n) is 2.87. The summed E-state index contributed by atoms with van der Waals surface area (Å²) in [6.45, 7) is -0.109. The molecule has 0 aliphatic heterocycles. The summed E-state index contributed by atoms with van der Waals surface area (Å²) in [5.74, 6) is 0.109. The number of alkyl halides is 3. The topological polar surface area (TPSA) is 93.8 Å². The second-order valence-corrected chi connectivity index (χ2v) is 5.56. The van der Waals surface area contributed by atoms with Crippen molar-refractivity contribution in [1.29, 1.82) is 0 Å². The molecule has 2 heterocycles. The molecule has 0 fully saturated rings. The number of anilines is 2. The minimum atomic E-state index is -4.54. The Labute approximate surface area is 140 Å². The van der Waals surface area contributed by atoms with Crippen LogP contribution >= 0.6 is 11.8 Å². The first kappa shape index (κ1) is 18.0. The molecule has 0 spiro atoms. The summed E-state index contributed by atoms with van der Waals surface area (Å²) in [6, 6.07) is 5.08. The molecule has 2 rings (SSSR count). The number of pyridine rings is 1. The molecular formula is C14H14F3N5OS. The van der Waals surface area contributed by atoms with Gasteiger partial charge in [0.05, 0.1) is 13.0 Å². The van der Waals surface area contributed by atoms with Crippen molar-refractivity contribution in [3.63, 3.8) is 0 Å². The highest BCUT2D eigenvalue weighted by Crippen LogP contribution is 2.27. The molecule has 2 aromatic rings. The van der Waals surface area contributed by atoms with Crippen LogP contribution in [0.3, 0.4) is 0 Å². The SMILES string of the molecule is CSc1cc(NCC(=O)Cc2cccc(C(F)(F)F)n2)nc(N)n1. The molecule has 0 aliphatic rings. The number of carbonyl (C=O) groups excluding carboxylic acids is 1. The number of nitrogen functional groups attached to an aromatic ring is 1. The average Bonchev–Trinajstić information content (AvgIpc) is 2.52. The summed E-state index contributed by atoms with van der Waals surface area (Å²) in [6.07, 6.45) is -2.94. The normalized spacial score (nSPS) is 11.3. The molecule has 0 amide bonds. The number of rotatable bonds is 6. The average molecular weight is 357 g/mol. The second kappa shape index (κ2) is 7.47. The first-order valence-electron chi connectivity index (χ1n) is 6.75. The van der Waals surface area contributed by atoms with Gasteiger partial charge in [0, 0.05) is 11.8 Å². The zero-order valence-corrected chi connectivity index (χ0v) is 13.4. The molecule has 0 aromatic carbocycles. The minimum Gasteiger partial charge on any atom is -0.368 e. The number of thioether (sulfide) groups is 1. The number of nitrogens with zero attached hydrogens (tertiary/aromatic N) is 3. The third-order valence-corrected chi connectivity index (χ3v) is 3.50. The number of ketones is 1. The van der Waals surface area contributed by atoms with Crippen molar-refractivity contribution < 1.29 is 18.0 Å².